The van der Waals surface area contributed by atoms with Crippen LogP contribution in [0.5, 0.6) is 0 Å². The number of nitrogens with zero attached hydrogens (tertiary/aromatic N) is 4. The molecule has 0 saturated carbocycles. The van der Waals surface area contributed by atoms with Crippen molar-refractivity contribution in [3.05, 3.63) is 203 Å². The third-order valence-corrected chi connectivity index (χ3v) is 12.1. The van der Waals surface area contributed by atoms with Crippen molar-refractivity contribution in [3.8, 4) is 56.2 Å². The number of carbonyl (C=O) groups excluding carboxylic acids is 2. The average Bonchev–Trinajstić information content (AvgIpc) is 3.33. The number of hydrogen-bond donors (Lipinski definition) is 0. The Morgan fingerprint density at radius 2 is 0.789 bits per heavy atom. The summed E-state index contributed by atoms with van der Waals surface area (Å²) < 4.78 is 166. The zero-order chi connectivity index (χ0) is 50.5. The largest absolute Gasteiger partial charge is 0.465 e. The van der Waals surface area contributed by atoms with Crippen LogP contribution in [0.2, 0.25) is 0 Å². The van der Waals surface area contributed by atoms with Gasteiger partial charge >= 0.3 is 31.0 Å². The number of carbonyl (C=O) groups is 2. The first kappa shape index (κ1) is 47.8. The molecule has 0 atom stereocenters. The number of benzene rings is 4. The molecule has 358 valence electrons. The lowest BCUT2D eigenvalue weighted by molar-refractivity contribution is -0.905. The number of fused-ring (bicyclic) bond motifs is 9. The molecule has 5 heterocycles. The molecule has 18 heteroatoms. The van der Waals surface area contributed by atoms with Crippen LogP contribution in [0.3, 0.4) is 0 Å². The van der Waals surface area contributed by atoms with Crippen molar-refractivity contribution < 1.29 is 81.2 Å². The Hall–Kier alpha value is -8.28. The standard InChI is InChI=1S/C53H36F10N4O4/c1-70-50(68)32-7-3-30(4-8-32)34-11-15-44-45-16-12-35(31-5-9-33(10-6-31)51(69)71-2)24-66(45)29-67-28-39(53(61,62)63)14-18-47(67)49-37(20-41(55)22-43(49)57)26-65-27-38(52(58,59)60)13-17-46(65)48-36(25-64(44)23-34)19-40(54)21-42(48)56/h3-24,27-28H,25-26,29H2,1-2H3/q+4. The van der Waals surface area contributed by atoms with E-state index in [1.807, 2.05) is 0 Å². The molecule has 8 nitrogen and oxygen atoms in total. The lowest BCUT2D eigenvalue weighted by Gasteiger charge is -2.14. The molecule has 8 aromatic rings. The van der Waals surface area contributed by atoms with E-state index in [2.05, 4.69) is 0 Å². The highest BCUT2D eigenvalue weighted by atomic mass is 19.4. The van der Waals surface area contributed by atoms with Gasteiger partial charge in [0.1, 0.15) is 34.4 Å². The minimum absolute atomic E-state index is 0.0951. The van der Waals surface area contributed by atoms with E-state index in [4.69, 9.17) is 9.47 Å². The highest BCUT2D eigenvalue weighted by Crippen LogP contribution is 2.35. The van der Waals surface area contributed by atoms with Gasteiger partial charge in [-0.15, -0.1) is 9.13 Å². The summed E-state index contributed by atoms with van der Waals surface area (Å²) in [5, 5.41) is 0. The molecule has 0 unspecified atom stereocenters. The Bertz CT molecular complexity index is 3430. The summed E-state index contributed by atoms with van der Waals surface area (Å²) in [4.78, 5) is 24.6. The number of rotatable bonds is 4. The first-order chi connectivity index (χ1) is 33.8. The van der Waals surface area contributed by atoms with Crippen LogP contribution in [-0.4, -0.2) is 26.2 Å². The van der Waals surface area contributed by atoms with Gasteiger partial charge in [-0.2, -0.15) is 35.5 Å². The fourth-order valence-electron chi connectivity index (χ4n) is 8.71. The molecule has 1 aliphatic rings. The number of pyridine rings is 4. The van der Waals surface area contributed by atoms with Crippen molar-refractivity contribution in [2.75, 3.05) is 14.2 Å². The smallest absolute Gasteiger partial charge is 0.422 e. The molecule has 0 bridgehead atoms. The van der Waals surface area contributed by atoms with Crippen molar-refractivity contribution in [3.63, 3.8) is 0 Å². The maximum atomic E-state index is 16.7. The van der Waals surface area contributed by atoms with E-state index in [0.29, 0.717) is 58.4 Å². The van der Waals surface area contributed by atoms with Crippen molar-refractivity contribution in [2.24, 2.45) is 0 Å². The summed E-state index contributed by atoms with van der Waals surface area (Å²) in [7, 11) is 2.44. The van der Waals surface area contributed by atoms with Crippen molar-refractivity contribution in [2.45, 2.75) is 32.1 Å². The van der Waals surface area contributed by atoms with Crippen LogP contribution in [-0.2, 0) is 41.6 Å². The van der Waals surface area contributed by atoms with E-state index >= 15 is 17.6 Å². The van der Waals surface area contributed by atoms with E-state index in [-0.39, 0.29) is 44.9 Å². The predicted octanol–water partition coefficient (Wildman–Crippen LogP) is 10.3. The Kier molecular flexibility index (Phi) is 12.5. The highest BCUT2D eigenvalue weighted by molar-refractivity contribution is 5.90. The van der Waals surface area contributed by atoms with E-state index in [0.717, 1.165) is 39.6 Å². The second-order valence-electron chi connectivity index (χ2n) is 16.5. The molecule has 0 amide bonds. The van der Waals surface area contributed by atoms with Crippen molar-refractivity contribution in [1.82, 2.24) is 0 Å². The van der Waals surface area contributed by atoms with Crippen molar-refractivity contribution in [1.29, 1.82) is 0 Å². The second-order valence-corrected chi connectivity index (χ2v) is 16.5. The molecule has 0 spiro atoms. The maximum absolute atomic E-state index is 16.7. The number of esters is 2. The van der Waals surface area contributed by atoms with Gasteiger partial charge in [-0.05, 0) is 71.8 Å². The highest BCUT2D eigenvalue weighted by Gasteiger charge is 2.39. The zero-order valence-electron chi connectivity index (χ0n) is 37.2. The number of ether oxygens (including phenoxy) is 2. The van der Waals surface area contributed by atoms with E-state index in [1.54, 1.807) is 65.5 Å². The quantitative estimate of drug-likeness (QED) is 0.100. The Labute approximate surface area is 397 Å². The van der Waals surface area contributed by atoms with Crippen molar-refractivity contribution >= 4 is 11.9 Å². The number of halogens is 10. The summed E-state index contributed by atoms with van der Waals surface area (Å²) in [6, 6.07) is 25.3. The third-order valence-electron chi connectivity index (χ3n) is 12.1. The Morgan fingerprint density at radius 1 is 0.437 bits per heavy atom. The van der Waals surface area contributed by atoms with Gasteiger partial charge in [0, 0.05) is 58.7 Å². The maximum Gasteiger partial charge on any atom is 0.422 e. The van der Waals surface area contributed by atoms with Crippen LogP contribution in [0.1, 0.15) is 43.0 Å². The molecule has 0 radical (unpaired) electrons. The van der Waals surface area contributed by atoms with Crippen LogP contribution >= 0.6 is 0 Å². The fraction of sp³-hybridized carbons (Fsp3) is 0.132. The minimum atomic E-state index is -4.98. The van der Waals surface area contributed by atoms with Gasteiger partial charge in [0.15, 0.2) is 37.9 Å². The van der Waals surface area contributed by atoms with Crippen LogP contribution in [0, 0.1) is 23.3 Å². The zero-order valence-corrected chi connectivity index (χ0v) is 37.2. The van der Waals surface area contributed by atoms with Crippen LogP contribution < -0.4 is 18.3 Å². The topological polar surface area (TPSA) is 68.1 Å². The monoisotopic (exact) mass is 982 g/mol. The molecule has 0 aliphatic carbocycles. The molecule has 0 fully saturated rings. The van der Waals surface area contributed by atoms with Gasteiger partial charge in [0.2, 0.25) is 11.4 Å². The first-order valence-electron chi connectivity index (χ1n) is 21.4. The summed E-state index contributed by atoms with van der Waals surface area (Å²) in [6.45, 7) is -1.73. The molecular weight excluding hydrogens is 947 g/mol. The number of aromatic nitrogens is 4. The second kappa shape index (κ2) is 18.6. The normalized spacial score (nSPS) is 12.5. The van der Waals surface area contributed by atoms with Gasteiger partial charge in [-0.25, -0.2) is 27.2 Å². The van der Waals surface area contributed by atoms with Crippen LogP contribution in [0.4, 0.5) is 43.9 Å². The summed E-state index contributed by atoms with van der Waals surface area (Å²) in [6.07, 6.45) is -5.39. The van der Waals surface area contributed by atoms with Gasteiger partial charge in [0.05, 0.1) is 36.5 Å². The molecule has 4 aromatic heterocycles. The lowest BCUT2D eigenvalue weighted by atomic mass is 9.98. The van der Waals surface area contributed by atoms with E-state index in [9.17, 15) is 35.9 Å². The molecule has 0 saturated heterocycles. The lowest BCUT2D eigenvalue weighted by Crippen LogP contribution is -2.55. The summed E-state index contributed by atoms with van der Waals surface area (Å²) >= 11 is 0. The van der Waals surface area contributed by atoms with E-state index in [1.165, 1.54) is 43.1 Å². The molecular formula is C53H36F10N4O4+4. The van der Waals surface area contributed by atoms with Gasteiger partial charge < -0.3 is 9.47 Å². The Morgan fingerprint density at radius 3 is 1.23 bits per heavy atom. The predicted molar refractivity (Wildman–Crippen MR) is 233 cm³/mol. The summed E-state index contributed by atoms with van der Waals surface area (Å²) in [5.74, 6) is -5.91. The molecule has 4 aromatic carbocycles. The molecule has 71 heavy (non-hydrogen) atoms. The molecule has 9 rings (SSSR count). The third kappa shape index (κ3) is 9.56. The van der Waals surface area contributed by atoms with Gasteiger partial charge in [-0.3, -0.25) is 0 Å². The van der Waals surface area contributed by atoms with Crippen LogP contribution in [0.25, 0.3) is 56.2 Å². The number of methoxy groups -OCH3 is 2. The first-order valence-corrected chi connectivity index (χ1v) is 21.4. The van der Waals surface area contributed by atoms with E-state index < -0.39 is 84.0 Å². The summed E-state index contributed by atoms with van der Waals surface area (Å²) in [5.41, 5.74) is -1.12. The fourth-order valence-corrected chi connectivity index (χ4v) is 8.71. The Balaban J connectivity index is 1.38. The molecule has 0 N–H and O–H groups in total. The number of alkyl halides is 6. The van der Waals surface area contributed by atoms with Crippen LogP contribution in [0.15, 0.2) is 146 Å². The van der Waals surface area contributed by atoms with Gasteiger partial charge in [-0.1, -0.05) is 24.3 Å². The SMILES string of the molecule is COC(=O)c1ccc(-c2ccc3[n+](c2)Cc2cc(F)cc(F)c2-c2ccc(C(F)(F)F)c[n+]2Cc2cc(F)cc(F)c2-c2ccc(C(F)(F)F)c[n+]2C[n+]2cc(-c4ccc(C(=O)OC)cc4)ccc2-3)cc1. The minimum Gasteiger partial charge on any atom is -0.465 e. The molecule has 1 aliphatic heterocycles. The van der Waals surface area contributed by atoms with Gasteiger partial charge in [0.25, 0.3) is 11.4 Å². The average molecular weight is 983 g/mol. The number of hydrogen-bond acceptors (Lipinski definition) is 4.